The highest BCUT2D eigenvalue weighted by atomic mass is 16.1. The van der Waals surface area contributed by atoms with Crippen molar-refractivity contribution >= 4 is 16.8 Å². The van der Waals surface area contributed by atoms with Crippen LogP contribution in [0.3, 0.4) is 0 Å². The molecule has 0 aliphatic rings. The SMILES string of the molecule is Cc1ccc(CC(CCC(=O)c2ccncc2)n2c(=N)n(Cc3ccc(C)cc3)c3ccccc32)cc1. The summed E-state index contributed by atoms with van der Waals surface area (Å²) in [5.74, 6) is 0.104. The van der Waals surface area contributed by atoms with Gasteiger partial charge in [-0.05, 0) is 62.1 Å². The number of ketones is 1. The number of benzene rings is 3. The van der Waals surface area contributed by atoms with Crippen molar-refractivity contribution in [3.8, 4) is 0 Å². The molecule has 2 heterocycles. The Morgan fingerprint density at radius 3 is 2.05 bits per heavy atom. The molecule has 37 heavy (non-hydrogen) atoms. The largest absolute Gasteiger partial charge is 0.307 e. The van der Waals surface area contributed by atoms with E-state index in [2.05, 4.69) is 88.6 Å². The Kier molecular flexibility index (Phi) is 7.13. The van der Waals surface area contributed by atoms with Crippen molar-refractivity contribution < 1.29 is 4.79 Å². The Balaban J connectivity index is 1.54. The van der Waals surface area contributed by atoms with Crippen LogP contribution < -0.4 is 5.62 Å². The number of rotatable bonds is 9. The van der Waals surface area contributed by atoms with E-state index < -0.39 is 0 Å². The van der Waals surface area contributed by atoms with Gasteiger partial charge in [0.15, 0.2) is 5.78 Å². The first-order valence-electron chi connectivity index (χ1n) is 12.8. The van der Waals surface area contributed by atoms with E-state index in [1.807, 2.05) is 12.1 Å². The van der Waals surface area contributed by atoms with Crippen LogP contribution in [-0.4, -0.2) is 19.9 Å². The van der Waals surface area contributed by atoms with Gasteiger partial charge in [0.2, 0.25) is 5.62 Å². The molecule has 0 radical (unpaired) electrons. The Morgan fingerprint density at radius 1 is 0.811 bits per heavy atom. The monoisotopic (exact) mass is 488 g/mol. The Hall–Kier alpha value is -4.25. The summed E-state index contributed by atoms with van der Waals surface area (Å²) < 4.78 is 4.20. The zero-order valence-corrected chi connectivity index (χ0v) is 21.4. The summed E-state index contributed by atoms with van der Waals surface area (Å²) in [6.07, 6.45) is 5.12. The second kappa shape index (κ2) is 10.8. The zero-order valence-electron chi connectivity index (χ0n) is 21.4. The lowest BCUT2D eigenvalue weighted by Gasteiger charge is -2.20. The van der Waals surface area contributed by atoms with Gasteiger partial charge in [0.25, 0.3) is 0 Å². The van der Waals surface area contributed by atoms with Gasteiger partial charge in [-0.2, -0.15) is 0 Å². The van der Waals surface area contributed by atoms with Crippen molar-refractivity contribution in [2.45, 2.75) is 45.7 Å². The van der Waals surface area contributed by atoms with Gasteiger partial charge in [0.1, 0.15) is 0 Å². The summed E-state index contributed by atoms with van der Waals surface area (Å²) in [6, 6.07) is 28.8. The zero-order chi connectivity index (χ0) is 25.8. The van der Waals surface area contributed by atoms with E-state index in [4.69, 9.17) is 0 Å². The Bertz CT molecular complexity index is 1560. The Morgan fingerprint density at radius 2 is 1.41 bits per heavy atom. The van der Waals surface area contributed by atoms with Crippen molar-refractivity contribution in [2.24, 2.45) is 0 Å². The van der Waals surface area contributed by atoms with Gasteiger partial charge in [-0.25, -0.2) is 0 Å². The van der Waals surface area contributed by atoms with Crippen LogP contribution in [-0.2, 0) is 13.0 Å². The molecule has 3 aromatic carbocycles. The second-order valence-electron chi connectivity index (χ2n) is 9.80. The first kappa shape index (κ1) is 24.4. The molecular formula is C32H32N4O. The molecule has 186 valence electrons. The lowest BCUT2D eigenvalue weighted by Crippen LogP contribution is -2.29. The lowest BCUT2D eigenvalue weighted by atomic mass is 9.97. The van der Waals surface area contributed by atoms with E-state index in [9.17, 15) is 10.2 Å². The normalized spacial score (nSPS) is 12.1. The molecule has 1 unspecified atom stereocenters. The smallest absolute Gasteiger partial charge is 0.203 e. The van der Waals surface area contributed by atoms with Gasteiger partial charge < -0.3 is 9.13 Å². The van der Waals surface area contributed by atoms with E-state index in [-0.39, 0.29) is 11.8 Å². The molecular weight excluding hydrogens is 456 g/mol. The van der Waals surface area contributed by atoms with Crippen LogP contribution in [0, 0.1) is 19.3 Å². The highest BCUT2D eigenvalue weighted by Crippen LogP contribution is 2.26. The average molecular weight is 489 g/mol. The van der Waals surface area contributed by atoms with E-state index in [1.54, 1.807) is 24.5 Å². The highest BCUT2D eigenvalue weighted by molar-refractivity contribution is 5.95. The standard InChI is InChI=1S/C32H32N4O/c1-23-7-11-25(12-8-23)21-28(15-16-31(37)27-17-19-34-20-18-27)36-30-6-4-3-5-29(30)35(32(36)33)22-26-13-9-24(2)10-14-26/h3-14,17-20,28,33H,15-16,21-22H2,1-2H3. The number of aromatic nitrogens is 3. The molecule has 0 bridgehead atoms. The first-order chi connectivity index (χ1) is 18.0. The quantitative estimate of drug-likeness (QED) is 0.243. The van der Waals surface area contributed by atoms with Crippen LogP contribution in [0.25, 0.3) is 11.0 Å². The minimum absolute atomic E-state index is 0.0369. The van der Waals surface area contributed by atoms with Gasteiger partial charge in [0, 0.05) is 30.4 Å². The summed E-state index contributed by atoms with van der Waals surface area (Å²) >= 11 is 0. The van der Waals surface area contributed by atoms with Crippen molar-refractivity contribution in [1.29, 1.82) is 5.41 Å². The highest BCUT2D eigenvalue weighted by Gasteiger charge is 2.21. The molecule has 0 spiro atoms. The maximum Gasteiger partial charge on any atom is 0.203 e. The number of hydrogen-bond acceptors (Lipinski definition) is 3. The van der Waals surface area contributed by atoms with Gasteiger partial charge >= 0.3 is 0 Å². The van der Waals surface area contributed by atoms with Crippen molar-refractivity contribution in [3.05, 3.63) is 131 Å². The number of carbonyl (C=O) groups is 1. The molecule has 0 aliphatic heterocycles. The number of pyridine rings is 1. The van der Waals surface area contributed by atoms with E-state index >= 15 is 0 Å². The molecule has 0 saturated carbocycles. The molecule has 1 atom stereocenters. The summed E-state index contributed by atoms with van der Waals surface area (Å²) in [5, 5.41) is 9.28. The van der Waals surface area contributed by atoms with Crippen molar-refractivity contribution in [3.63, 3.8) is 0 Å². The first-order valence-corrected chi connectivity index (χ1v) is 12.8. The van der Waals surface area contributed by atoms with Crippen LogP contribution in [0.1, 0.15) is 51.5 Å². The summed E-state index contributed by atoms with van der Waals surface area (Å²) in [6.45, 7) is 4.80. The van der Waals surface area contributed by atoms with E-state index in [1.165, 1.54) is 16.7 Å². The number of aryl methyl sites for hydroxylation is 2. The minimum atomic E-state index is -0.0369. The molecule has 5 rings (SSSR count). The average Bonchev–Trinajstić information content (AvgIpc) is 3.20. The van der Waals surface area contributed by atoms with E-state index in [0.717, 1.165) is 23.0 Å². The molecule has 5 heteroatoms. The topological polar surface area (TPSA) is 63.7 Å². The van der Waals surface area contributed by atoms with Crippen LogP contribution in [0.5, 0.6) is 0 Å². The van der Waals surface area contributed by atoms with Crippen LogP contribution >= 0.6 is 0 Å². The predicted octanol–water partition coefficient (Wildman–Crippen LogP) is 6.43. The fraction of sp³-hybridized carbons (Fsp3) is 0.219. The van der Waals surface area contributed by atoms with Crippen LogP contribution in [0.15, 0.2) is 97.3 Å². The van der Waals surface area contributed by atoms with Crippen LogP contribution in [0.2, 0.25) is 0 Å². The van der Waals surface area contributed by atoms with Crippen LogP contribution in [0.4, 0.5) is 0 Å². The summed E-state index contributed by atoms with van der Waals surface area (Å²) in [7, 11) is 0. The molecule has 0 saturated heterocycles. The number of carbonyl (C=O) groups excluding carboxylic acids is 1. The third-order valence-corrected chi connectivity index (χ3v) is 7.04. The van der Waals surface area contributed by atoms with E-state index in [0.29, 0.717) is 30.6 Å². The van der Waals surface area contributed by atoms with Gasteiger partial charge in [-0.3, -0.25) is 15.2 Å². The molecule has 1 N–H and O–H groups in total. The minimum Gasteiger partial charge on any atom is -0.307 e. The number of nitrogens with zero attached hydrogens (tertiary/aromatic N) is 3. The molecule has 5 aromatic rings. The van der Waals surface area contributed by atoms with Gasteiger partial charge in [0.05, 0.1) is 17.6 Å². The Labute approximate surface area is 217 Å². The van der Waals surface area contributed by atoms with Gasteiger partial charge in [-0.15, -0.1) is 0 Å². The molecule has 2 aromatic heterocycles. The number of nitrogens with one attached hydrogen (secondary N) is 1. The molecule has 5 nitrogen and oxygen atoms in total. The molecule has 0 amide bonds. The molecule has 0 aliphatic carbocycles. The maximum absolute atomic E-state index is 13.0. The predicted molar refractivity (Wildman–Crippen MR) is 148 cm³/mol. The van der Waals surface area contributed by atoms with Gasteiger partial charge in [-0.1, -0.05) is 71.8 Å². The third-order valence-electron chi connectivity index (χ3n) is 7.04. The summed E-state index contributed by atoms with van der Waals surface area (Å²) in [4.78, 5) is 17.0. The summed E-state index contributed by atoms with van der Waals surface area (Å²) in [5.41, 5.74) is 7.99. The number of imidazole rings is 1. The lowest BCUT2D eigenvalue weighted by molar-refractivity contribution is 0.0973. The fourth-order valence-electron chi connectivity index (χ4n) is 4.96. The number of fused-ring (bicyclic) bond motifs is 1. The van der Waals surface area contributed by atoms with Crippen molar-refractivity contribution in [1.82, 2.24) is 14.1 Å². The third kappa shape index (κ3) is 5.46. The van der Waals surface area contributed by atoms with Crippen molar-refractivity contribution in [2.75, 3.05) is 0 Å². The number of hydrogen-bond donors (Lipinski definition) is 1. The second-order valence-corrected chi connectivity index (χ2v) is 9.80. The maximum atomic E-state index is 13.0. The number of para-hydroxylation sites is 2. The molecule has 0 fully saturated rings. The number of Topliss-reactive ketones (excluding diaryl/α,β-unsaturated/α-hetero) is 1. The fourth-order valence-corrected chi connectivity index (χ4v) is 4.96.